The Hall–Kier alpha value is -2.99. The second kappa shape index (κ2) is 8.57. The lowest BCUT2D eigenvalue weighted by atomic mass is 10.1. The van der Waals surface area contributed by atoms with Crippen molar-refractivity contribution in [3.8, 4) is 11.3 Å². The number of carbonyl (C=O) groups excluding carboxylic acids is 1. The number of aromatic nitrogens is 1. The number of nitrogens with zero attached hydrogens (tertiary/aromatic N) is 3. The van der Waals surface area contributed by atoms with Gasteiger partial charge in [-0.15, -0.1) is 0 Å². The molecular weight excluding hydrogens is 369 g/mol. The van der Waals surface area contributed by atoms with Gasteiger partial charge in [0.2, 0.25) is 0 Å². The zero-order chi connectivity index (χ0) is 20.2. The third kappa shape index (κ3) is 4.38. The summed E-state index contributed by atoms with van der Waals surface area (Å²) in [5.74, 6) is 0.284. The highest BCUT2D eigenvalue weighted by Gasteiger charge is 2.27. The lowest BCUT2D eigenvalue weighted by molar-refractivity contribution is 0.0760. The van der Waals surface area contributed by atoms with Gasteiger partial charge in [0.15, 0.2) is 0 Å². The molecule has 1 saturated heterocycles. The predicted octanol–water partition coefficient (Wildman–Crippen LogP) is 4.14. The molecule has 1 aliphatic heterocycles. The lowest BCUT2D eigenvalue weighted by Crippen LogP contribution is -2.35. The average Bonchev–Trinajstić information content (AvgIpc) is 2.97. The number of benzene rings is 2. The van der Waals surface area contributed by atoms with E-state index in [4.69, 9.17) is 4.52 Å². The topological polar surface area (TPSA) is 49.6 Å². The van der Waals surface area contributed by atoms with Crippen molar-refractivity contribution in [2.45, 2.75) is 19.9 Å². The first-order chi connectivity index (χ1) is 14.1. The Morgan fingerprint density at radius 2 is 1.79 bits per heavy atom. The van der Waals surface area contributed by atoms with Crippen LogP contribution in [0.25, 0.3) is 11.3 Å². The van der Waals surface area contributed by atoms with E-state index in [1.807, 2.05) is 47.4 Å². The summed E-state index contributed by atoms with van der Waals surface area (Å²) < 4.78 is 18.5. The van der Waals surface area contributed by atoms with Crippen LogP contribution in [0.3, 0.4) is 0 Å². The summed E-state index contributed by atoms with van der Waals surface area (Å²) in [6.07, 6.45) is 0.887. The minimum atomic E-state index is -0.223. The maximum Gasteiger partial charge on any atom is 0.259 e. The highest BCUT2D eigenvalue weighted by atomic mass is 19.1. The molecule has 6 heteroatoms. The minimum Gasteiger partial charge on any atom is -0.360 e. The van der Waals surface area contributed by atoms with Gasteiger partial charge in [-0.2, -0.15) is 0 Å². The van der Waals surface area contributed by atoms with Crippen LogP contribution < -0.4 is 0 Å². The van der Waals surface area contributed by atoms with Crippen LogP contribution in [0.4, 0.5) is 4.39 Å². The summed E-state index contributed by atoms with van der Waals surface area (Å²) in [7, 11) is 0. The zero-order valence-electron chi connectivity index (χ0n) is 16.5. The third-order valence-corrected chi connectivity index (χ3v) is 5.32. The Balaban J connectivity index is 1.47. The van der Waals surface area contributed by atoms with E-state index in [0.29, 0.717) is 30.1 Å². The number of rotatable bonds is 4. The number of hydrogen-bond acceptors (Lipinski definition) is 4. The number of carbonyl (C=O) groups is 1. The van der Waals surface area contributed by atoms with E-state index in [-0.39, 0.29) is 11.7 Å². The van der Waals surface area contributed by atoms with Crippen LogP contribution in [0.1, 0.15) is 28.1 Å². The fraction of sp³-hybridized carbons (Fsp3) is 0.304. The van der Waals surface area contributed by atoms with Gasteiger partial charge in [-0.3, -0.25) is 9.69 Å². The molecule has 1 aliphatic rings. The van der Waals surface area contributed by atoms with E-state index in [2.05, 4.69) is 10.1 Å². The Bertz CT molecular complexity index is 970. The van der Waals surface area contributed by atoms with Gasteiger partial charge in [-0.1, -0.05) is 47.6 Å². The van der Waals surface area contributed by atoms with Crippen molar-refractivity contribution in [2.24, 2.45) is 0 Å². The average molecular weight is 393 g/mol. The van der Waals surface area contributed by atoms with Crippen LogP contribution in [0.2, 0.25) is 0 Å². The van der Waals surface area contributed by atoms with Gasteiger partial charge in [0.1, 0.15) is 22.8 Å². The number of halogens is 1. The highest BCUT2D eigenvalue weighted by Crippen LogP contribution is 2.26. The second-order valence-corrected chi connectivity index (χ2v) is 7.38. The molecular formula is C23H24FN3O2. The number of hydrogen-bond donors (Lipinski definition) is 0. The summed E-state index contributed by atoms with van der Waals surface area (Å²) in [5.41, 5.74) is 3.09. The largest absolute Gasteiger partial charge is 0.360 e. The molecule has 0 saturated carbocycles. The van der Waals surface area contributed by atoms with Crippen molar-refractivity contribution < 1.29 is 13.7 Å². The van der Waals surface area contributed by atoms with E-state index in [1.54, 1.807) is 6.92 Å². The first kappa shape index (κ1) is 19.3. The molecule has 0 unspecified atom stereocenters. The van der Waals surface area contributed by atoms with Crippen LogP contribution in [0.5, 0.6) is 0 Å². The van der Waals surface area contributed by atoms with Gasteiger partial charge in [0, 0.05) is 38.3 Å². The van der Waals surface area contributed by atoms with Crippen molar-refractivity contribution in [3.05, 3.63) is 77.3 Å². The summed E-state index contributed by atoms with van der Waals surface area (Å²) in [5, 5.41) is 4.14. The fourth-order valence-corrected chi connectivity index (χ4v) is 3.76. The predicted molar refractivity (Wildman–Crippen MR) is 109 cm³/mol. The van der Waals surface area contributed by atoms with E-state index in [1.165, 1.54) is 12.1 Å². The smallest absolute Gasteiger partial charge is 0.259 e. The van der Waals surface area contributed by atoms with E-state index < -0.39 is 0 Å². The Labute approximate surface area is 169 Å². The van der Waals surface area contributed by atoms with Crippen LogP contribution in [0.15, 0.2) is 59.1 Å². The zero-order valence-corrected chi connectivity index (χ0v) is 16.5. The SMILES string of the molecule is Cc1onc(-c2ccccc2)c1C(=O)N1CCCN(Cc2ccc(F)cc2)CC1. The molecule has 0 atom stereocenters. The summed E-state index contributed by atoms with van der Waals surface area (Å²) in [4.78, 5) is 17.5. The summed E-state index contributed by atoms with van der Waals surface area (Å²) >= 11 is 0. The van der Waals surface area contributed by atoms with Crippen molar-refractivity contribution in [3.63, 3.8) is 0 Å². The first-order valence-electron chi connectivity index (χ1n) is 9.89. The monoisotopic (exact) mass is 393 g/mol. The van der Waals surface area contributed by atoms with Gasteiger partial charge in [0.25, 0.3) is 5.91 Å². The Morgan fingerprint density at radius 1 is 1.03 bits per heavy atom. The molecule has 29 heavy (non-hydrogen) atoms. The van der Waals surface area contributed by atoms with Crippen LogP contribution in [-0.2, 0) is 6.54 Å². The molecule has 2 aromatic carbocycles. The molecule has 4 rings (SSSR count). The quantitative estimate of drug-likeness (QED) is 0.669. The molecule has 3 aromatic rings. The van der Waals surface area contributed by atoms with Crippen molar-refractivity contribution in [1.82, 2.24) is 15.0 Å². The molecule has 2 heterocycles. The van der Waals surface area contributed by atoms with E-state index in [0.717, 1.165) is 37.2 Å². The van der Waals surface area contributed by atoms with Crippen LogP contribution in [-0.4, -0.2) is 47.0 Å². The number of amides is 1. The van der Waals surface area contributed by atoms with Crippen LogP contribution >= 0.6 is 0 Å². The molecule has 0 spiro atoms. The molecule has 0 N–H and O–H groups in total. The molecule has 150 valence electrons. The summed E-state index contributed by atoms with van der Waals surface area (Å²) in [6.45, 7) is 5.54. The normalized spacial score (nSPS) is 15.3. The van der Waals surface area contributed by atoms with Gasteiger partial charge >= 0.3 is 0 Å². The maximum absolute atomic E-state index is 13.3. The Kier molecular flexibility index (Phi) is 5.71. The van der Waals surface area contributed by atoms with Gasteiger partial charge in [0.05, 0.1) is 0 Å². The molecule has 0 aliphatic carbocycles. The van der Waals surface area contributed by atoms with E-state index >= 15 is 0 Å². The Morgan fingerprint density at radius 3 is 2.55 bits per heavy atom. The first-order valence-corrected chi connectivity index (χ1v) is 9.89. The summed E-state index contributed by atoms with van der Waals surface area (Å²) in [6, 6.07) is 16.3. The molecule has 5 nitrogen and oxygen atoms in total. The minimum absolute atomic E-state index is 0.0359. The van der Waals surface area contributed by atoms with E-state index in [9.17, 15) is 9.18 Å². The standard InChI is InChI=1S/C23H24FN3O2/c1-17-21(22(25-29-17)19-6-3-2-4-7-19)23(28)27-13-5-12-26(14-15-27)16-18-8-10-20(24)11-9-18/h2-4,6-11H,5,12-16H2,1H3. The number of aryl methyl sites for hydroxylation is 1. The van der Waals surface area contributed by atoms with Gasteiger partial charge in [-0.05, 0) is 31.0 Å². The van der Waals surface area contributed by atoms with Gasteiger partial charge in [-0.25, -0.2) is 4.39 Å². The highest BCUT2D eigenvalue weighted by molar-refractivity contribution is 6.00. The second-order valence-electron chi connectivity index (χ2n) is 7.38. The maximum atomic E-state index is 13.3. The third-order valence-electron chi connectivity index (χ3n) is 5.32. The van der Waals surface area contributed by atoms with Crippen molar-refractivity contribution >= 4 is 5.91 Å². The molecule has 0 bridgehead atoms. The molecule has 1 amide bonds. The lowest BCUT2D eigenvalue weighted by Gasteiger charge is -2.22. The molecule has 0 radical (unpaired) electrons. The van der Waals surface area contributed by atoms with Crippen molar-refractivity contribution in [2.75, 3.05) is 26.2 Å². The fourth-order valence-electron chi connectivity index (χ4n) is 3.76. The van der Waals surface area contributed by atoms with Gasteiger partial charge < -0.3 is 9.42 Å². The molecule has 1 fully saturated rings. The van der Waals surface area contributed by atoms with Crippen molar-refractivity contribution in [1.29, 1.82) is 0 Å². The molecule has 1 aromatic heterocycles. The van der Waals surface area contributed by atoms with Crippen LogP contribution in [0, 0.1) is 12.7 Å².